The summed E-state index contributed by atoms with van der Waals surface area (Å²) in [5.74, 6) is 0.722. The summed E-state index contributed by atoms with van der Waals surface area (Å²) in [5.41, 5.74) is 7.44. The fourth-order valence-electron chi connectivity index (χ4n) is 2.09. The zero-order chi connectivity index (χ0) is 14.1. The third-order valence-corrected chi connectivity index (χ3v) is 3.34. The largest absolute Gasteiger partial charge is 0.433 e. The van der Waals surface area contributed by atoms with Gasteiger partial charge in [0.2, 0.25) is 0 Å². The monoisotopic (exact) mass is 279 g/mol. The topological polar surface area (TPSA) is 53.1 Å². The van der Waals surface area contributed by atoms with E-state index in [-0.39, 0.29) is 11.4 Å². The lowest BCUT2D eigenvalue weighted by Gasteiger charge is -2.08. The van der Waals surface area contributed by atoms with Crippen molar-refractivity contribution in [3.05, 3.63) is 30.6 Å². The standard InChI is InChI=1S/C14H15F2N3O/c15-14(16)20-13-5-10(3-4-12(13)17)11-6-18-19(8-11)7-9-1-2-9/h3-6,8-9,14H,1-2,7,17H2. The molecule has 1 aromatic carbocycles. The maximum absolute atomic E-state index is 12.3. The highest BCUT2D eigenvalue weighted by atomic mass is 19.3. The van der Waals surface area contributed by atoms with Crippen molar-refractivity contribution in [2.24, 2.45) is 5.92 Å². The Labute approximate surface area is 115 Å². The van der Waals surface area contributed by atoms with Crippen LogP contribution in [0.15, 0.2) is 30.6 Å². The molecule has 0 unspecified atom stereocenters. The molecule has 1 heterocycles. The van der Waals surface area contributed by atoms with Crippen LogP contribution in [0.2, 0.25) is 0 Å². The van der Waals surface area contributed by atoms with Crippen LogP contribution in [0.1, 0.15) is 12.8 Å². The van der Waals surface area contributed by atoms with E-state index in [1.807, 2.05) is 10.9 Å². The molecule has 0 radical (unpaired) electrons. The van der Waals surface area contributed by atoms with Crippen molar-refractivity contribution < 1.29 is 13.5 Å². The van der Waals surface area contributed by atoms with Crippen LogP contribution >= 0.6 is 0 Å². The van der Waals surface area contributed by atoms with E-state index >= 15 is 0 Å². The number of rotatable bonds is 5. The quantitative estimate of drug-likeness (QED) is 0.855. The fourth-order valence-corrected chi connectivity index (χ4v) is 2.09. The van der Waals surface area contributed by atoms with Gasteiger partial charge in [-0.3, -0.25) is 4.68 Å². The van der Waals surface area contributed by atoms with Crippen LogP contribution in [-0.2, 0) is 6.54 Å². The van der Waals surface area contributed by atoms with Gasteiger partial charge in [0.15, 0.2) is 0 Å². The Bertz CT molecular complexity index is 608. The predicted molar refractivity (Wildman–Crippen MR) is 71.4 cm³/mol. The molecule has 3 rings (SSSR count). The third-order valence-electron chi connectivity index (χ3n) is 3.34. The van der Waals surface area contributed by atoms with Crippen molar-refractivity contribution in [2.45, 2.75) is 26.0 Å². The second-order valence-corrected chi connectivity index (χ2v) is 5.03. The smallest absolute Gasteiger partial charge is 0.387 e. The number of nitrogens with zero attached hydrogens (tertiary/aromatic N) is 2. The number of anilines is 1. The van der Waals surface area contributed by atoms with Gasteiger partial charge in [0.1, 0.15) is 5.75 Å². The van der Waals surface area contributed by atoms with Crippen LogP contribution in [0.3, 0.4) is 0 Å². The molecule has 1 saturated carbocycles. The SMILES string of the molecule is Nc1ccc(-c2cnn(CC3CC3)c2)cc1OC(F)F. The number of ether oxygens (including phenoxy) is 1. The molecule has 0 saturated heterocycles. The predicted octanol–water partition coefficient (Wildman–Crippen LogP) is 3.14. The summed E-state index contributed by atoms with van der Waals surface area (Å²) < 4.78 is 30.9. The van der Waals surface area contributed by atoms with Gasteiger partial charge in [-0.15, -0.1) is 0 Å². The highest BCUT2D eigenvalue weighted by molar-refractivity contribution is 5.68. The summed E-state index contributed by atoms with van der Waals surface area (Å²) in [6, 6.07) is 4.84. The Hall–Kier alpha value is -2.11. The van der Waals surface area contributed by atoms with E-state index in [2.05, 4.69) is 9.84 Å². The molecule has 4 nitrogen and oxygen atoms in total. The number of nitrogens with two attached hydrogens (primary N) is 1. The van der Waals surface area contributed by atoms with Crippen LogP contribution < -0.4 is 10.5 Å². The second-order valence-electron chi connectivity index (χ2n) is 5.03. The lowest BCUT2D eigenvalue weighted by Crippen LogP contribution is -2.04. The van der Waals surface area contributed by atoms with E-state index in [4.69, 9.17) is 5.73 Å². The van der Waals surface area contributed by atoms with Gasteiger partial charge in [-0.25, -0.2) is 0 Å². The summed E-state index contributed by atoms with van der Waals surface area (Å²) in [6.45, 7) is -1.97. The summed E-state index contributed by atoms with van der Waals surface area (Å²) in [7, 11) is 0. The van der Waals surface area contributed by atoms with E-state index in [0.717, 1.165) is 23.6 Å². The number of aromatic nitrogens is 2. The molecule has 2 N–H and O–H groups in total. The molecule has 0 amide bonds. The minimum absolute atomic E-state index is 0.00700. The highest BCUT2D eigenvalue weighted by Gasteiger charge is 2.22. The molecule has 1 fully saturated rings. The van der Waals surface area contributed by atoms with E-state index in [9.17, 15) is 8.78 Å². The van der Waals surface area contributed by atoms with Crippen molar-refractivity contribution in [3.63, 3.8) is 0 Å². The molecular weight excluding hydrogens is 264 g/mol. The van der Waals surface area contributed by atoms with Gasteiger partial charge < -0.3 is 10.5 Å². The van der Waals surface area contributed by atoms with E-state index in [1.165, 1.54) is 18.9 Å². The van der Waals surface area contributed by atoms with Crippen molar-refractivity contribution in [1.29, 1.82) is 0 Å². The maximum Gasteiger partial charge on any atom is 0.387 e. The lowest BCUT2D eigenvalue weighted by atomic mass is 10.1. The summed E-state index contributed by atoms with van der Waals surface area (Å²) in [5, 5.41) is 4.28. The highest BCUT2D eigenvalue weighted by Crippen LogP contribution is 2.32. The fraction of sp³-hybridized carbons (Fsp3) is 0.357. The van der Waals surface area contributed by atoms with Crippen molar-refractivity contribution in [1.82, 2.24) is 9.78 Å². The third kappa shape index (κ3) is 2.89. The van der Waals surface area contributed by atoms with Crippen LogP contribution in [-0.4, -0.2) is 16.4 Å². The van der Waals surface area contributed by atoms with Crippen LogP contribution in [0.5, 0.6) is 5.75 Å². The van der Waals surface area contributed by atoms with Crippen molar-refractivity contribution in [3.8, 4) is 16.9 Å². The molecular formula is C14H15F2N3O. The lowest BCUT2D eigenvalue weighted by molar-refractivity contribution is -0.0492. The molecule has 0 spiro atoms. The Morgan fingerprint density at radius 2 is 2.15 bits per heavy atom. The molecule has 1 aliphatic rings. The molecule has 0 atom stereocenters. The molecule has 1 aromatic heterocycles. The maximum atomic E-state index is 12.3. The average Bonchev–Trinajstić information content (AvgIpc) is 3.08. The first kappa shape index (κ1) is 12.9. The minimum atomic E-state index is -2.88. The number of nitrogen functional groups attached to an aromatic ring is 1. The zero-order valence-electron chi connectivity index (χ0n) is 10.8. The molecule has 20 heavy (non-hydrogen) atoms. The van der Waals surface area contributed by atoms with E-state index in [0.29, 0.717) is 0 Å². The Balaban J connectivity index is 1.83. The number of halogens is 2. The second kappa shape index (κ2) is 5.11. The first-order valence-corrected chi connectivity index (χ1v) is 6.49. The number of hydrogen-bond donors (Lipinski definition) is 1. The normalized spacial score (nSPS) is 14.8. The van der Waals surface area contributed by atoms with Gasteiger partial charge in [0.05, 0.1) is 11.9 Å². The van der Waals surface area contributed by atoms with Gasteiger partial charge in [0.25, 0.3) is 0 Å². The zero-order valence-corrected chi connectivity index (χ0v) is 10.8. The first-order chi connectivity index (χ1) is 9.61. The van der Waals surface area contributed by atoms with E-state index in [1.54, 1.807) is 18.3 Å². The van der Waals surface area contributed by atoms with Crippen molar-refractivity contribution in [2.75, 3.05) is 5.73 Å². The molecule has 0 aliphatic heterocycles. The summed E-state index contributed by atoms with van der Waals surface area (Å²) >= 11 is 0. The van der Waals surface area contributed by atoms with Crippen molar-refractivity contribution >= 4 is 5.69 Å². The van der Waals surface area contributed by atoms with Gasteiger partial charge in [0, 0.05) is 18.3 Å². The molecule has 6 heteroatoms. The van der Waals surface area contributed by atoms with Gasteiger partial charge >= 0.3 is 6.61 Å². The number of benzene rings is 1. The number of hydrogen-bond acceptors (Lipinski definition) is 3. The Morgan fingerprint density at radius 3 is 2.85 bits per heavy atom. The van der Waals surface area contributed by atoms with Crippen LogP contribution in [0.4, 0.5) is 14.5 Å². The van der Waals surface area contributed by atoms with E-state index < -0.39 is 6.61 Å². The van der Waals surface area contributed by atoms with Gasteiger partial charge in [-0.05, 0) is 36.5 Å². The summed E-state index contributed by atoms with van der Waals surface area (Å²) in [4.78, 5) is 0. The number of alkyl halides is 2. The Kier molecular flexibility index (Phi) is 3.30. The summed E-state index contributed by atoms with van der Waals surface area (Å²) in [6.07, 6.45) is 6.14. The Morgan fingerprint density at radius 1 is 1.35 bits per heavy atom. The minimum Gasteiger partial charge on any atom is -0.433 e. The molecule has 1 aliphatic carbocycles. The molecule has 106 valence electrons. The molecule has 2 aromatic rings. The first-order valence-electron chi connectivity index (χ1n) is 6.49. The van der Waals surface area contributed by atoms with Crippen LogP contribution in [0.25, 0.3) is 11.1 Å². The van der Waals surface area contributed by atoms with Gasteiger partial charge in [-0.2, -0.15) is 13.9 Å². The van der Waals surface area contributed by atoms with Gasteiger partial charge in [-0.1, -0.05) is 6.07 Å². The van der Waals surface area contributed by atoms with Crippen LogP contribution in [0, 0.1) is 5.92 Å². The molecule has 0 bridgehead atoms. The average molecular weight is 279 g/mol.